The zero-order valence-corrected chi connectivity index (χ0v) is 7.83. The molecular weight excluding hydrogens is 166 g/mol. The van der Waals surface area contributed by atoms with Crippen LogP contribution in [0.4, 0.5) is 0 Å². The lowest BCUT2D eigenvalue weighted by atomic mass is 9.90. The second-order valence-electron chi connectivity index (χ2n) is 3.57. The van der Waals surface area contributed by atoms with Crippen LogP contribution in [0, 0.1) is 12.8 Å². The molecule has 1 N–H and O–H groups in total. The Balaban J connectivity index is 2.28. The van der Waals surface area contributed by atoms with Gasteiger partial charge in [0.05, 0.1) is 6.26 Å². The van der Waals surface area contributed by atoms with Crippen LogP contribution in [-0.2, 0) is 4.79 Å². The van der Waals surface area contributed by atoms with Crippen LogP contribution in [0.15, 0.2) is 16.7 Å². The number of amides is 1. The summed E-state index contributed by atoms with van der Waals surface area (Å²) in [5.41, 5.74) is 1.16. The maximum absolute atomic E-state index is 11.2. The Morgan fingerprint density at radius 3 is 2.85 bits per heavy atom. The molecule has 0 bridgehead atoms. The van der Waals surface area contributed by atoms with E-state index in [1.165, 1.54) is 0 Å². The monoisotopic (exact) mass is 179 g/mol. The van der Waals surface area contributed by atoms with Crippen LogP contribution in [0.3, 0.4) is 0 Å². The maximum Gasteiger partial charge on any atom is 0.223 e. The quantitative estimate of drug-likeness (QED) is 0.708. The van der Waals surface area contributed by atoms with Gasteiger partial charge in [-0.15, -0.1) is 0 Å². The number of carbonyl (C=O) groups excluding carboxylic acids is 1. The average Bonchev–Trinajstić information content (AvgIpc) is 2.62. The van der Waals surface area contributed by atoms with Gasteiger partial charge in [-0.25, -0.2) is 0 Å². The minimum Gasteiger partial charge on any atom is -0.469 e. The first-order valence-corrected chi connectivity index (χ1v) is 4.52. The minimum atomic E-state index is 0.0660. The maximum atomic E-state index is 11.2. The van der Waals surface area contributed by atoms with Crippen molar-refractivity contribution in [3.63, 3.8) is 0 Å². The molecule has 3 heteroatoms. The summed E-state index contributed by atoms with van der Waals surface area (Å²) in [5.74, 6) is 1.42. The number of aryl methyl sites for hydroxylation is 1. The van der Waals surface area contributed by atoms with Gasteiger partial charge in [-0.1, -0.05) is 6.92 Å². The molecule has 1 fully saturated rings. The van der Waals surface area contributed by atoms with Crippen molar-refractivity contribution in [1.82, 2.24) is 5.32 Å². The van der Waals surface area contributed by atoms with E-state index in [2.05, 4.69) is 5.32 Å². The van der Waals surface area contributed by atoms with Crippen molar-refractivity contribution in [2.45, 2.75) is 19.8 Å². The van der Waals surface area contributed by atoms with E-state index < -0.39 is 0 Å². The molecule has 3 nitrogen and oxygen atoms in total. The molecule has 1 aliphatic heterocycles. The number of rotatable bonds is 1. The number of hydrogen-bond acceptors (Lipinski definition) is 2. The lowest BCUT2D eigenvalue weighted by molar-refractivity contribution is -0.122. The van der Waals surface area contributed by atoms with Crippen LogP contribution in [0.2, 0.25) is 0 Å². The third-order valence-corrected chi connectivity index (χ3v) is 2.81. The normalized spacial score (nSPS) is 27.7. The van der Waals surface area contributed by atoms with E-state index in [-0.39, 0.29) is 17.7 Å². The lowest BCUT2D eigenvalue weighted by Gasteiger charge is -2.10. The van der Waals surface area contributed by atoms with E-state index in [0.717, 1.165) is 17.9 Å². The summed E-state index contributed by atoms with van der Waals surface area (Å²) >= 11 is 0. The molecule has 1 aliphatic rings. The molecule has 70 valence electrons. The smallest absolute Gasteiger partial charge is 0.223 e. The Bertz CT molecular complexity index is 329. The molecule has 0 radical (unpaired) electrons. The second-order valence-corrected chi connectivity index (χ2v) is 3.57. The molecule has 1 aromatic rings. The molecule has 2 atom stereocenters. The molecule has 0 aromatic carbocycles. The van der Waals surface area contributed by atoms with Crippen LogP contribution < -0.4 is 5.32 Å². The third-order valence-electron chi connectivity index (χ3n) is 2.81. The van der Waals surface area contributed by atoms with Crippen molar-refractivity contribution in [2.24, 2.45) is 5.92 Å². The van der Waals surface area contributed by atoms with Crippen molar-refractivity contribution in [3.8, 4) is 0 Å². The van der Waals surface area contributed by atoms with E-state index >= 15 is 0 Å². The van der Waals surface area contributed by atoms with Crippen LogP contribution >= 0.6 is 0 Å². The van der Waals surface area contributed by atoms with Gasteiger partial charge in [0.1, 0.15) is 5.76 Å². The Morgan fingerprint density at radius 2 is 2.38 bits per heavy atom. The van der Waals surface area contributed by atoms with Crippen molar-refractivity contribution in [2.75, 3.05) is 6.54 Å². The molecule has 1 aromatic heterocycles. The summed E-state index contributed by atoms with van der Waals surface area (Å²) < 4.78 is 5.22. The molecule has 2 rings (SSSR count). The Kier molecular flexibility index (Phi) is 1.87. The van der Waals surface area contributed by atoms with Gasteiger partial charge in [0, 0.05) is 18.4 Å². The van der Waals surface area contributed by atoms with Gasteiger partial charge < -0.3 is 9.73 Å². The van der Waals surface area contributed by atoms with Gasteiger partial charge in [-0.05, 0) is 18.6 Å². The summed E-state index contributed by atoms with van der Waals surface area (Å²) in [7, 11) is 0. The Labute approximate surface area is 77.1 Å². The van der Waals surface area contributed by atoms with E-state index in [1.807, 2.05) is 19.9 Å². The SMILES string of the molecule is Cc1occc1C1CNC(=O)C1C. The minimum absolute atomic E-state index is 0.0660. The van der Waals surface area contributed by atoms with Gasteiger partial charge in [0.2, 0.25) is 5.91 Å². The first-order valence-electron chi connectivity index (χ1n) is 4.52. The predicted octanol–water partition coefficient (Wildman–Crippen LogP) is 1.44. The van der Waals surface area contributed by atoms with E-state index in [1.54, 1.807) is 6.26 Å². The summed E-state index contributed by atoms with van der Waals surface area (Å²) in [5, 5.41) is 2.85. The van der Waals surface area contributed by atoms with Gasteiger partial charge in [0.25, 0.3) is 0 Å². The molecule has 2 heterocycles. The Morgan fingerprint density at radius 1 is 1.62 bits per heavy atom. The van der Waals surface area contributed by atoms with E-state index in [9.17, 15) is 4.79 Å². The fourth-order valence-electron chi connectivity index (χ4n) is 1.89. The van der Waals surface area contributed by atoms with E-state index in [4.69, 9.17) is 4.42 Å². The molecule has 0 saturated carbocycles. The Hall–Kier alpha value is -1.25. The molecule has 1 saturated heterocycles. The number of hydrogen-bond donors (Lipinski definition) is 1. The fourth-order valence-corrected chi connectivity index (χ4v) is 1.89. The largest absolute Gasteiger partial charge is 0.469 e. The highest BCUT2D eigenvalue weighted by Crippen LogP contribution is 2.30. The summed E-state index contributed by atoms with van der Waals surface area (Å²) in [6.45, 7) is 4.63. The number of nitrogens with one attached hydrogen (secondary N) is 1. The van der Waals surface area contributed by atoms with Crippen LogP contribution in [0.1, 0.15) is 24.2 Å². The van der Waals surface area contributed by atoms with Gasteiger partial charge in [-0.2, -0.15) is 0 Å². The number of furan rings is 1. The molecule has 0 aliphatic carbocycles. The first-order chi connectivity index (χ1) is 6.20. The summed E-state index contributed by atoms with van der Waals surface area (Å²) in [6.07, 6.45) is 1.68. The first kappa shape index (κ1) is 8.35. The zero-order chi connectivity index (χ0) is 9.42. The molecule has 1 amide bonds. The highest BCUT2D eigenvalue weighted by Gasteiger charge is 2.33. The highest BCUT2D eigenvalue weighted by atomic mass is 16.3. The standard InChI is InChI=1S/C10H13NO2/c1-6-9(5-11-10(6)12)8-3-4-13-7(8)2/h3-4,6,9H,5H2,1-2H3,(H,11,12). The summed E-state index contributed by atoms with van der Waals surface area (Å²) in [6, 6.07) is 1.96. The van der Waals surface area contributed by atoms with Gasteiger partial charge in [0.15, 0.2) is 0 Å². The van der Waals surface area contributed by atoms with Crippen LogP contribution in [0.25, 0.3) is 0 Å². The zero-order valence-electron chi connectivity index (χ0n) is 7.83. The van der Waals surface area contributed by atoms with Crippen LogP contribution in [-0.4, -0.2) is 12.5 Å². The van der Waals surface area contributed by atoms with Crippen molar-refractivity contribution >= 4 is 5.91 Å². The van der Waals surface area contributed by atoms with Gasteiger partial charge >= 0.3 is 0 Å². The number of carbonyl (C=O) groups is 1. The third kappa shape index (κ3) is 1.24. The average molecular weight is 179 g/mol. The van der Waals surface area contributed by atoms with Gasteiger partial charge in [-0.3, -0.25) is 4.79 Å². The van der Waals surface area contributed by atoms with Crippen molar-refractivity contribution in [1.29, 1.82) is 0 Å². The summed E-state index contributed by atoms with van der Waals surface area (Å²) in [4.78, 5) is 11.2. The molecule has 2 unspecified atom stereocenters. The van der Waals surface area contributed by atoms with Crippen LogP contribution in [0.5, 0.6) is 0 Å². The highest BCUT2D eigenvalue weighted by molar-refractivity contribution is 5.82. The lowest BCUT2D eigenvalue weighted by Crippen LogP contribution is -2.16. The second kappa shape index (κ2) is 2.91. The van der Waals surface area contributed by atoms with E-state index in [0.29, 0.717) is 0 Å². The molecule has 0 spiro atoms. The fraction of sp³-hybridized carbons (Fsp3) is 0.500. The molecular formula is C10H13NO2. The topological polar surface area (TPSA) is 42.2 Å². The molecule has 13 heavy (non-hydrogen) atoms. The predicted molar refractivity (Wildman–Crippen MR) is 48.4 cm³/mol. The van der Waals surface area contributed by atoms with Crippen molar-refractivity contribution < 1.29 is 9.21 Å². The van der Waals surface area contributed by atoms with Crippen molar-refractivity contribution in [3.05, 3.63) is 23.7 Å².